The van der Waals surface area contributed by atoms with Gasteiger partial charge in [0.2, 0.25) is 0 Å². The first-order chi connectivity index (χ1) is 10.9. The molecule has 3 aromatic rings. The lowest BCUT2D eigenvalue weighted by atomic mass is 10.1. The van der Waals surface area contributed by atoms with Crippen molar-refractivity contribution >= 4 is 62.0 Å². The van der Waals surface area contributed by atoms with Gasteiger partial charge in [-0.3, -0.25) is 4.79 Å². The minimum absolute atomic E-state index is 0.356. The van der Waals surface area contributed by atoms with Crippen molar-refractivity contribution in [2.45, 2.75) is 27.3 Å². The molecular formula is C16H14Cl2N2OS2. The van der Waals surface area contributed by atoms with Gasteiger partial charge < -0.3 is 4.57 Å². The average Bonchev–Trinajstić information content (AvgIpc) is 2.98. The molecule has 0 N–H and O–H groups in total. The molecule has 1 aromatic carbocycles. The van der Waals surface area contributed by atoms with E-state index in [4.69, 9.17) is 23.2 Å². The van der Waals surface area contributed by atoms with E-state index in [1.54, 1.807) is 6.07 Å². The Balaban J connectivity index is 2.21. The Labute approximate surface area is 151 Å². The van der Waals surface area contributed by atoms with E-state index in [1.807, 2.05) is 6.92 Å². The Kier molecular flexibility index (Phi) is 4.65. The van der Waals surface area contributed by atoms with Crippen LogP contribution >= 0.6 is 45.9 Å². The third-order valence-corrected chi connectivity index (χ3v) is 6.23. The van der Waals surface area contributed by atoms with Crippen LogP contribution in [-0.4, -0.2) is 10.5 Å². The predicted molar refractivity (Wildman–Crippen MR) is 99.2 cm³/mol. The van der Waals surface area contributed by atoms with Gasteiger partial charge in [-0.15, -0.1) is 11.3 Å². The summed E-state index contributed by atoms with van der Waals surface area (Å²) < 4.78 is 4.07. The fourth-order valence-corrected chi connectivity index (χ4v) is 5.13. The van der Waals surface area contributed by atoms with E-state index in [0.717, 1.165) is 16.8 Å². The van der Waals surface area contributed by atoms with Gasteiger partial charge in [-0.1, -0.05) is 40.6 Å². The summed E-state index contributed by atoms with van der Waals surface area (Å²) in [7, 11) is 0. The molecule has 0 bridgehead atoms. The maximum absolute atomic E-state index is 12.4. The molecule has 0 aliphatic carbocycles. The maximum atomic E-state index is 12.4. The number of aryl methyl sites for hydroxylation is 3. The van der Waals surface area contributed by atoms with Crippen LogP contribution < -0.4 is 4.80 Å². The largest absolute Gasteiger partial charge is 0.317 e. The van der Waals surface area contributed by atoms with E-state index in [9.17, 15) is 4.79 Å². The molecule has 0 unspecified atom stereocenters. The molecule has 0 radical (unpaired) electrons. The minimum atomic E-state index is -0.360. The van der Waals surface area contributed by atoms with Gasteiger partial charge in [0, 0.05) is 6.54 Å². The number of carbonyl (C=O) groups is 1. The van der Waals surface area contributed by atoms with Crippen LogP contribution in [-0.2, 0) is 6.54 Å². The van der Waals surface area contributed by atoms with Gasteiger partial charge in [0.25, 0.3) is 5.91 Å². The molecule has 0 spiro atoms. The number of hydrogen-bond acceptors (Lipinski definition) is 3. The van der Waals surface area contributed by atoms with Crippen molar-refractivity contribution in [3.63, 3.8) is 0 Å². The number of thiazole rings is 1. The zero-order chi connectivity index (χ0) is 16.7. The zero-order valence-corrected chi connectivity index (χ0v) is 16.0. The van der Waals surface area contributed by atoms with Crippen molar-refractivity contribution in [3.8, 4) is 0 Å². The summed E-state index contributed by atoms with van der Waals surface area (Å²) in [6.07, 6.45) is 0. The molecule has 2 heterocycles. The molecule has 23 heavy (non-hydrogen) atoms. The minimum Gasteiger partial charge on any atom is -0.317 e. The molecule has 1 amide bonds. The van der Waals surface area contributed by atoms with Crippen molar-refractivity contribution in [2.24, 2.45) is 4.99 Å². The molecule has 0 fully saturated rings. The third-order valence-electron chi connectivity index (χ3n) is 3.51. The van der Waals surface area contributed by atoms with E-state index in [2.05, 4.69) is 35.5 Å². The lowest BCUT2D eigenvalue weighted by Gasteiger charge is -2.03. The summed E-state index contributed by atoms with van der Waals surface area (Å²) in [6, 6.07) is 5.83. The highest BCUT2D eigenvalue weighted by Crippen LogP contribution is 2.31. The monoisotopic (exact) mass is 384 g/mol. The number of nitrogens with zero attached hydrogens (tertiary/aromatic N) is 2. The number of aromatic nitrogens is 1. The summed E-state index contributed by atoms with van der Waals surface area (Å²) in [5, 5.41) is 0. The van der Waals surface area contributed by atoms with E-state index in [-0.39, 0.29) is 5.91 Å². The van der Waals surface area contributed by atoms with Crippen molar-refractivity contribution in [1.82, 2.24) is 4.57 Å². The molecule has 0 aliphatic heterocycles. The Bertz CT molecular complexity index is 982. The van der Waals surface area contributed by atoms with Crippen LogP contribution in [0.5, 0.6) is 0 Å². The van der Waals surface area contributed by atoms with Gasteiger partial charge in [-0.2, -0.15) is 4.99 Å². The fourth-order valence-electron chi connectivity index (χ4n) is 2.54. The van der Waals surface area contributed by atoms with Crippen LogP contribution in [0.2, 0.25) is 8.67 Å². The number of halogens is 2. The quantitative estimate of drug-likeness (QED) is 0.578. The van der Waals surface area contributed by atoms with E-state index >= 15 is 0 Å². The number of hydrogen-bond donors (Lipinski definition) is 0. The van der Waals surface area contributed by atoms with Crippen LogP contribution in [0.3, 0.4) is 0 Å². The topological polar surface area (TPSA) is 34.4 Å². The van der Waals surface area contributed by atoms with Crippen LogP contribution in [0.4, 0.5) is 0 Å². The summed E-state index contributed by atoms with van der Waals surface area (Å²) in [4.78, 5) is 17.4. The van der Waals surface area contributed by atoms with E-state index in [0.29, 0.717) is 19.0 Å². The maximum Gasteiger partial charge on any atom is 0.282 e. The van der Waals surface area contributed by atoms with E-state index in [1.165, 1.54) is 33.8 Å². The van der Waals surface area contributed by atoms with Gasteiger partial charge in [0.1, 0.15) is 4.34 Å². The second-order valence-corrected chi connectivity index (χ2v) is 8.48. The second kappa shape index (κ2) is 6.40. The first-order valence-corrected chi connectivity index (χ1v) is 9.44. The average molecular weight is 385 g/mol. The summed E-state index contributed by atoms with van der Waals surface area (Å²) in [5.41, 5.74) is 3.85. The highest BCUT2D eigenvalue weighted by Gasteiger charge is 2.15. The Morgan fingerprint density at radius 3 is 2.57 bits per heavy atom. The number of fused-ring (bicyclic) bond motifs is 1. The second-order valence-electron chi connectivity index (χ2n) is 5.21. The molecule has 0 atom stereocenters. The lowest BCUT2D eigenvalue weighted by molar-refractivity contribution is 0.0998. The van der Waals surface area contributed by atoms with Gasteiger partial charge in [0.05, 0.1) is 20.1 Å². The fraction of sp³-hybridized carbons (Fsp3) is 0.250. The van der Waals surface area contributed by atoms with Crippen LogP contribution in [0.1, 0.15) is 28.4 Å². The molecule has 7 heteroatoms. The Hall–Kier alpha value is -1.14. The number of amides is 1. The van der Waals surface area contributed by atoms with Gasteiger partial charge in [0.15, 0.2) is 4.80 Å². The first-order valence-electron chi connectivity index (χ1n) is 7.05. The van der Waals surface area contributed by atoms with Crippen molar-refractivity contribution < 1.29 is 4.79 Å². The number of rotatable bonds is 2. The van der Waals surface area contributed by atoms with Crippen molar-refractivity contribution in [1.29, 1.82) is 0 Å². The summed E-state index contributed by atoms with van der Waals surface area (Å²) in [6.45, 7) is 6.93. The summed E-state index contributed by atoms with van der Waals surface area (Å²) >= 11 is 14.7. The molecule has 0 aliphatic rings. The van der Waals surface area contributed by atoms with Crippen molar-refractivity contribution in [2.75, 3.05) is 0 Å². The van der Waals surface area contributed by atoms with Gasteiger partial charge in [-0.05, 0) is 44.0 Å². The molecule has 0 saturated heterocycles. The zero-order valence-electron chi connectivity index (χ0n) is 12.8. The predicted octanol–water partition coefficient (Wildman–Crippen LogP) is 5.45. The molecule has 3 rings (SSSR count). The normalized spacial score (nSPS) is 12.3. The van der Waals surface area contributed by atoms with Gasteiger partial charge in [-0.25, -0.2) is 0 Å². The standard InChI is InChI=1S/C16H14Cl2N2OS2/c1-4-20-11-6-8(2)5-9(3)13(11)23-16(20)19-15(21)10-7-12(17)22-14(10)18/h5-7H,4H2,1-3H3. The Morgan fingerprint density at radius 2 is 1.96 bits per heavy atom. The highest BCUT2D eigenvalue weighted by atomic mass is 35.5. The lowest BCUT2D eigenvalue weighted by Crippen LogP contribution is -2.15. The molecule has 120 valence electrons. The van der Waals surface area contributed by atoms with Crippen LogP contribution in [0, 0.1) is 13.8 Å². The number of carbonyl (C=O) groups excluding carboxylic acids is 1. The van der Waals surface area contributed by atoms with E-state index < -0.39 is 0 Å². The molecule has 3 nitrogen and oxygen atoms in total. The number of benzene rings is 1. The van der Waals surface area contributed by atoms with Crippen molar-refractivity contribution in [3.05, 3.63) is 48.4 Å². The molecule has 2 aromatic heterocycles. The SMILES string of the molecule is CCn1c(=NC(=O)c2cc(Cl)sc2Cl)sc2c(C)cc(C)cc21. The Morgan fingerprint density at radius 1 is 1.22 bits per heavy atom. The van der Waals surface area contributed by atoms with Gasteiger partial charge >= 0.3 is 0 Å². The summed E-state index contributed by atoms with van der Waals surface area (Å²) in [5.74, 6) is -0.360. The third kappa shape index (κ3) is 3.11. The van der Waals surface area contributed by atoms with Crippen LogP contribution in [0.25, 0.3) is 10.2 Å². The number of thiophene rings is 1. The highest BCUT2D eigenvalue weighted by molar-refractivity contribution is 7.20. The molecule has 0 saturated carbocycles. The van der Waals surface area contributed by atoms with Crippen LogP contribution in [0.15, 0.2) is 23.2 Å². The first kappa shape index (κ1) is 16.7. The smallest absolute Gasteiger partial charge is 0.282 e. The molecular weight excluding hydrogens is 371 g/mol.